The summed E-state index contributed by atoms with van der Waals surface area (Å²) in [6.07, 6.45) is 0. The molecule has 0 saturated carbocycles. The molecule has 1 aliphatic carbocycles. The molecule has 0 atom stereocenters. The lowest BCUT2D eigenvalue weighted by atomic mass is 10.0. The quantitative estimate of drug-likeness (QED) is 0.944. The van der Waals surface area contributed by atoms with Gasteiger partial charge in [0.05, 0.1) is 6.54 Å². The molecule has 0 bridgehead atoms. The van der Waals surface area contributed by atoms with Crippen LogP contribution < -0.4 is 5.32 Å². The Morgan fingerprint density at radius 1 is 1.04 bits per heavy atom. The van der Waals surface area contributed by atoms with Crippen molar-refractivity contribution >= 4 is 11.7 Å². The highest BCUT2D eigenvalue weighted by molar-refractivity contribution is 5.98. The number of amides is 1. The van der Waals surface area contributed by atoms with E-state index in [1.165, 1.54) is 25.1 Å². The van der Waals surface area contributed by atoms with Crippen LogP contribution in [-0.2, 0) is 10.7 Å². The van der Waals surface area contributed by atoms with E-state index in [2.05, 4.69) is 5.32 Å². The van der Waals surface area contributed by atoms with E-state index in [1.807, 2.05) is 0 Å². The van der Waals surface area contributed by atoms with E-state index < -0.39 is 23.2 Å². The van der Waals surface area contributed by atoms with E-state index in [4.69, 9.17) is 0 Å². The lowest BCUT2D eigenvalue weighted by Gasteiger charge is -2.12. The maximum Gasteiger partial charge on any atom is 0.299 e. The molecule has 2 aromatic rings. The van der Waals surface area contributed by atoms with E-state index in [0.717, 1.165) is 18.2 Å². The Bertz CT molecular complexity index is 831. The van der Waals surface area contributed by atoms with Gasteiger partial charge in [0.1, 0.15) is 11.6 Å². The number of fused-ring (bicyclic) bond motifs is 3. The fourth-order valence-corrected chi connectivity index (χ4v) is 2.65. The second kappa shape index (κ2) is 5.22. The van der Waals surface area contributed by atoms with Gasteiger partial charge in [-0.05, 0) is 42.3 Å². The zero-order valence-corrected chi connectivity index (χ0v) is 12.1. The lowest BCUT2D eigenvalue weighted by molar-refractivity contribution is -0.116. The van der Waals surface area contributed by atoms with Gasteiger partial charge in [-0.15, -0.1) is 0 Å². The maximum absolute atomic E-state index is 14.4. The molecule has 0 fully saturated rings. The van der Waals surface area contributed by atoms with E-state index in [1.54, 1.807) is 0 Å². The van der Waals surface area contributed by atoms with Crippen molar-refractivity contribution in [1.82, 2.24) is 5.32 Å². The summed E-state index contributed by atoms with van der Waals surface area (Å²) in [7, 11) is 0. The number of nitrogens with one attached hydrogen (secondary N) is 1. The highest BCUT2D eigenvalue weighted by atomic mass is 19.3. The summed E-state index contributed by atoms with van der Waals surface area (Å²) in [6, 6.07) is 6.96. The van der Waals surface area contributed by atoms with Crippen molar-refractivity contribution in [2.45, 2.75) is 12.8 Å². The van der Waals surface area contributed by atoms with Crippen LogP contribution in [0.25, 0.3) is 11.1 Å². The van der Waals surface area contributed by atoms with E-state index in [9.17, 15) is 22.8 Å². The molecular formula is C17H12F3NO2. The first kappa shape index (κ1) is 15.3. The molecule has 1 N–H and O–H groups in total. The van der Waals surface area contributed by atoms with Crippen LogP contribution in [-0.4, -0.2) is 18.2 Å². The monoisotopic (exact) mass is 319 g/mol. The molecule has 0 unspecified atom stereocenters. The van der Waals surface area contributed by atoms with Crippen molar-refractivity contribution < 1.29 is 22.8 Å². The third-order valence-corrected chi connectivity index (χ3v) is 3.73. The van der Waals surface area contributed by atoms with E-state index in [0.29, 0.717) is 0 Å². The number of rotatable bonds is 3. The Hall–Kier alpha value is -2.63. The summed E-state index contributed by atoms with van der Waals surface area (Å²) in [5, 5.41) is 2.41. The average Bonchev–Trinajstić information content (AvgIpc) is 2.72. The van der Waals surface area contributed by atoms with Gasteiger partial charge in [-0.25, -0.2) is 4.39 Å². The fraction of sp³-hybridized carbons (Fsp3) is 0.176. The molecule has 1 aliphatic rings. The molecule has 0 aliphatic heterocycles. The maximum atomic E-state index is 14.4. The molecule has 3 nitrogen and oxygen atoms in total. The third kappa shape index (κ3) is 2.50. The minimum atomic E-state index is -3.30. The summed E-state index contributed by atoms with van der Waals surface area (Å²) in [5.74, 6) is -4.79. The molecule has 0 heterocycles. The van der Waals surface area contributed by atoms with E-state index in [-0.39, 0.29) is 34.6 Å². The fourth-order valence-electron chi connectivity index (χ4n) is 2.65. The lowest BCUT2D eigenvalue weighted by Crippen LogP contribution is -2.28. The van der Waals surface area contributed by atoms with Gasteiger partial charge < -0.3 is 5.32 Å². The van der Waals surface area contributed by atoms with Gasteiger partial charge in [-0.3, -0.25) is 9.59 Å². The van der Waals surface area contributed by atoms with Gasteiger partial charge >= 0.3 is 0 Å². The molecule has 1 amide bonds. The highest BCUT2D eigenvalue weighted by Crippen LogP contribution is 2.51. The number of halogens is 3. The second-order valence-corrected chi connectivity index (χ2v) is 5.41. The molecule has 6 heteroatoms. The van der Waals surface area contributed by atoms with Crippen LogP contribution in [0.3, 0.4) is 0 Å². The summed E-state index contributed by atoms with van der Waals surface area (Å²) in [5.41, 5.74) is -0.110. The van der Waals surface area contributed by atoms with Crippen LogP contribution in [0.15, 0.2) is 36.4 Å². The molecule has 3 rings (SSSR count). The molecule has 0 saturated heterocycles. The van der Waals surface area contributed by atoms with Gasteiger partial charge in [0, 0.05) is 16.7 Å². The minimum Gasteiger partial charge on any atom is -0.345 e. The van der Waals surface area contributed by atoms with Gasteiger partial charge in [-0.1, -0.05) is 12.1 Å². The minimum absolute atomic E-state index is 0.131. The number of Topliss-reactive ketones (excluding diaryl/α,β-unsaturated/α-hetero) is 1. The van der Waals surface area contributed by atoms with Gasteiger partial charge in [-0.2, -0.15) is 8.78 Å². The Balaban J connectivity index is 2.05. The Morgan fingerprint density at radius 3 is 2.48 bits per heavy atom. The van der Waals surface area contributed by atoms with Gasteiger partial charge in [0.15, 0.2) is 0 Å². The first-order chi connectivity index (χ1) is 10.8. The molecule has 2 aromatic carbocycles. The third-order valence-electron chi connectivity index (χ3n) is 3.73. The predicted octanol–water partition coefficient (Wildman–Crippen LogP) is 3.27. The number of benzene rings is 2. The molecule has 0 spiro atoms. The van der Waals surface area contributed by atoms with Crippen LogP contribution in [0.1, 0.15) is 28.4 Å². The molecule has 23 heavy (non-hydrogen) atoms. The number of hydrogen-bond acceptors (Lipinski definition) is 2. The standard InChI is InChI=1S/C17H12F3NO2/c1-9(22)8-21-16(23)10-2-5-14-13(6-10)12-4-3-11(18)7-15(12)17(14,19)20/h2-7H,8H2,1H3,(H,21,23). The SMILES string of the molecule is CC(=O)CNC(=O)c1ccc2c(c1)-c1ccc(F)cc1C2(F)F. The Labute approximate surface area is 130 Å². The van der Waals surface area contributed by atoms with Crippen molar-refractivity contribution in [3.8, 4) is 11.1 Å². The first-order valence-electron chi connectivity index (χ1n) is 6.91. The topological polar surface area (TPSA) is 46.2 Å². The Morgan fingerprint density at radius 2 is 1.78 bits per heavy atom. The predicted molar refractivity (Wildman–Crippen MR) is 77.8 cm³/mol. The summed E-state index contributed by atoms with van der Waals surface area (Å²) < 4.78 is 42.1. The molecule has 0 radical (unpaired) electrons. The van der Waals surface area contributed by atoms with Crippen molar-refractivity contribution in [3.63, 3.8) is 0 Å². The highest BCUT2D eigenvalue weighted by Gasteiger charge is 2.44. The largest absolute Gasteiger partial charge is 0.345 e. The summed E-state index contributed by atoms with van der Waals surface area (Å²) in [6.45, 7) is 1.20. The molecule has 0 aromatic heterocycles. The van der Waals surface area contributed by atoms with Crippen molar-refractivity contribution in [3.05, 3.63) is 58.9 Å². The van der Waals surface area contributed by atoms with Crippen molar-refractivity contribution in [1.29, 1.82) is 0 Å². The average molecular weight is 319 g/mol. The molecular weight excluding hydrogens is 307 g/mol. The number of carbonyl (C=O) groups is 2. The Kier molecular flexibility index (Phi) is 3.47. The van der Waals surface area contributed by atoms with Crippen molar-refractivity contribution in [2.24, 2.45) is 0 Å². The number of ketones is 1. The summed E-state index contributed by atoms with van der Waals surface area (Å²) >= 11 is 0. The second-order valence-electron chi connectivity index (χ2n) is 5.41. The first-order valence-corrected chi connectivity index (χ1v) is 6.91. The van der Waals surface area contributed by atoms with Crippen molar-refractivity contribution in [2.75, 3.05) is 6.54 Å². The van der Waals surface area contributed by atoms with E-state index >= 15 is 0 Å². The zero-order valence-electron chi connectivity index (χ0n) is 12.1. The van der Waals surface area contributed by atoms with Crippen LogP contribution >= 0.6 is 0 Å². The zero-order chi connectivity index (χ0) is 16.8. The smallest absolute Gasteiger partial charge is 0.299 e. The van der Waals surface area contributed by atoms with Crippen LogP contribution in [0, 0.1) is 5.82 Å². The van der Waals surface area contributed by atoms with Crippen LogP contribution in [0.2, 0.25) is 0 Å². The van der Waals surface area contributed by atoms with Gasteiger partial charge in [0.25, 0.3) is 11.8 Å². The van der Waals surface area contributed by atoms with Crippen LogP contribution in [0.5, 0.6) is 0 Å². The van der Waals surface area contributed by atoms with Gasteiger partial charge in [0.2, 0.25) is 0 Å². The normalized spacial score (nSPS) is 14.1. The number of hydrogen-bond donors (Lipinski definition) is 1. The molecule has 118 valence electrons. The number of carbonyl (C=O) groups excluding carboxylic acids is 2. The van der Waals surface area contributed by atoms with Crippen LogP contribution in [0.4, 0.5) is 13.2 Å². The number of alkyl halides is 2. The summed E-state index contributed by atoms with van der Waals surface area (Å²) in [4.78, 5) is 22.9.